The third-order valence-electron chi connectivity index (χ3n) is 1.92. The zero-order valence-corrected chi connectivity index (χ0v) is 11.8. The van der Waals surface area contributed by atoms with Crippen LogP contribution in [-0.2, 0) is 0 Å². The Hall–Kier alpha value is -1.52. The van der Waals surface area contributed by atoms with Gasteiger partial charge in [-0.1, -0.05) is 0 Å². The molecule has 0 bridgehead atoms. The first-order chi connectivity index (χ1) is 8.76. The van der Waals surface area contributed by atoms with Crippen LogP contribution in [-0.4, -0.2) is 35.2 Å². The molecule has 0 aliphatic carbocycles. The van der Waals surface area contributed by atoms with Crippen molar-refractivity contribution in [2.45, 2.75) is 6.92 Å². The molecule has 3 rings (SSSR count). The molecule has 0 aliphatic rings. The fraction of sp³-hybridized carbons (Fsp3) is 0.250. The first kappa shape index (κ1) is 11.6. The van der Waals surface area contributed by atoms with Crippen LogP contribution in [0.4, 0.5) is 0 Å². The van der Waals surface area contributed by atoms with Gasteiger partial charge in [0, 0.05) is 0 Å². The molecule has 0 aromatic carbocycles. The van der Waals surface area contributed by atoms with Crippen molar-refractivity contribution >= 4 is 34.6 Å². The largest absolute Gasteiger partial charge is 0.466 e. The Balaban J connectivity index is 1.93. The van der Waals surface area contributed by atoms with E-state index in [9.17, 15) is 0 Å². The van der Waals surface area contributed by atoms with Gasteiger partial charge in [0.25, 0.3) is 0 Å². The van der Waals surface area contributed by atoms with Crippen molar-refractivity contribution in [1.29, 1.82) is 0 Å². The molecule has 0 amide bonds. The van der Waals surface area contributed by atoms with Crippen LogP contribution in [0.2, 0.25) is 0 Å². The van der Waals surface area contributed by atoms with Crippen molar-refractivity contribution in [1.82, 2.24) is 28.1 Å². The topological polar surface area (TPSA) is 86.6 Å². The second-order valence-corrected chi connectivity index (χ2v) is 5.41. The van der Waals surface area contributed by atoms with E-state index in [0.29, 0.717) is 26.9 Å². The highest BCUT2D eigenvalue weighted by Gasteiger charge is 2.15. The Kier molecular flexibility index (Phi) is 2.97. The highest BCUT2D eigenvalue weighted by molar-refractivity contribution is 7.16. The molecule has 3 aromatic heterocycles. The minimum atomic E-state index is 0.346. The van der Waals surface area contributed by atoms with Crippen molar-refractivity contribution in [2.75, 3.05) is 7.11 Å². The molecule has 3 heterocycles. The van der Waals surface area contributed by atoms with E-state index in [1.165, 1.54) is 41.7 Å². The molecule has 0 radical (unpaired) electrons. The molecular weight excluding hydrogens is 292 g/mol. The molecule has 0 atom stereocenters. The maximum atomic E-state index is 4.94. The second-order valence-electron chi connectivity index (χ2n) is 3.16. The van der Waals surface area contributed by atoms with Crippen molar-refractivity contribution in [3.8, 4) is 26.9 Å². The standard InChI is InChI=1S/C8H6N6OS3/c1-3-9-5(16-12-3)4-10-6(17-13-4)7-11-8(15-2)14-18-7/h1-2H3. The molecular formula is C8H6N6OS3. The number of ether oxygens (including phenoxy) is 1. The zero-order valence-electron chi connectivity index (χ0n) is 9.32. The molecule has 0 spiro atoms. The Bertz CT molecular complexity index is 674. The summed E-state index contributed by atoms with van der Waals surface area (Å²) in [5, 5.41) is 2.11. The Morgan fingerprint density at radius 2 is 1.56 bits per heavy atom. The van der Waals surface area contributed by atoms with E-state index in [4.69, 9.17) is 4.74 Å². The molecule has 0 saturated carbocycles. The molecule has 0 saturated heterocycles. The van der Waals surface area contributed by atoms with E-state index in [0.717, 1.165) is 5.82 Å². The van der Waals surface area contributed by atoms with Gasteiger partial charge in [0.1, 0.15) is 5.82 Å². The molecule has 7 nitrogen and oxygen atoms in total. The van der Waals surface area contributed by atoms with Crippen LogP contribution in [0.15, 0.2) is 0 Å². The van der Waals surface area contributed by atoms with E-state index in [1.54, 1.807) is 0 Å². The lowest BCUT2D eigenvalue weighted by atomic mass is 10.6. The lowest BCUT2D eigenvalue weighted by molar-refractivity contribution is 0.386. The summed E-state index contributed by atoms with van der Waals surface area (Å²) in [6.45, 7) is 1.84. The first-order valence-corrected chi connectivity index (χ1v) is 7.11. The number of hydrogen-bond acceptors (Lipinski definition) is 10. The van der Waals surface area contributed by atoms with Crippen LogP contribution in [0.5, 0.6) is 6.01 Å². The van der Waals surface area contributed by atoms with Gasteiger partial charge in [-0.05, 0) is 41.5 Å². The smallest absolute Gasteiger partial charge is 0.328 e. The summed E-state index contributed by atoms with van der Waals surface area (Å²) in [4.78, 5) is 12.8. The van der Waals surface area contributed by atoms with Crippen molar-refractivity contribution in [3.05, 3.63) is 5.82 Å². The molecule has 18 heavy (non-hydrogen) atoms. The average molecular weight is 298 g/mol. The van der Waals surface area contributed by atoms with Crippen LogP contribution < -0.4 is 4.74 Å². The molecule has 10 heteroatoms. The quantitative estimate of drug-likeness (QED) is 0.729. The van der Waals surface area contributed by atoms with Crippen molar-refractivity contribution in [2.24, 2.45) is 0 Å². The van der Waals surface area contributed by atoms with Gasteiger partial charge >= 0.3 is 6.01 Å². The molecule has 0 unspecified atom stereocenters. The molecule has 0 fully saturated rings. The predicted molar refractivity (Wildman–Crippen MR) is 69.0 cm³/mol. The second kappa shape index (κ2) is 4.63. The van der Waals surface area contributed by atoms with Gasteiger partial charge in [0.05, 0.1) is 7.11 Å². The lowest BCUT2D eigenvalue weighted by Gasteiger charge is -1.86. The number of methoxy groups -OCH3 is 1. The van der Waals surface area contributed by atoms with E-state index in [2.05, 4.69) is 28.1 Å². The van der Waals surface area contributed by atoms with Crippen molar-refractivity contribution < 1.29 is 4.74 Å². The number of aromatic nitrogens is 6. The summed E-state index contributed by atoms with van der Waals surface area (Å²) in [6, 6.07) is 0.346. The SMILES string of the molecule is COc1nsc(-c2nc(-c3nc(C)ns3)ns2)n1. The van der Waals surface area contributed by atoms with Gasteiger partial charge in [0.2, 0.25) is 5.82 Å². The van der Waals surface area contributed by atoms with Gasteiger partial charge in [-0.2, -0.15) is 13.7 Å². The summed E-state index contributed by atoms with van der Waals surface area (Å²) >= 11 is 3.77. The summed E-state index contributed by atoms with van der Waals surface area (Å²) in [5.41, 5.74) is 0. The van der Waals surface area contributed by atoms with Crippen LogP contribution >= 0.6 is 34.6 Å². The molecule has 0 aliphatic heterocycles. The monoisotopic (exact) mass is 298 g/mol. The number of nitrogens with zero attached hydrogens (tertiary/aromatic N) is 6. The highest BCUT2D eigenvalue weighted by Crippen LogP contribution is 2.28. The third kappa shape index (κ3) is 2.09. The van der Waals surface area contributed by atoms with Gasteiger partial charge < -0.3 is 4.74 Å². The van der Waals surface area contributed by atoms with Crippen LogP contribution in [0.3, 0.4) is 0 Å². The fourth-order valence-corrected chi connectivity index (χ4v) is 3.13. The lowest BCUT2D eigenvalue weighted by Crippen LogP contribution is -1.84. The van der Waals surface area contributed by atoms with Crippen LogP contribution in [0, 0.1) is 6.92 Å². The number of aryl methyl sites for hydroxylation is 1. The van der Waals surface area contributed by atoms with Gasteiger partial charge in [-0.25, -0.2) is 9.97 Å². The summed E-state index contributed by atoms with van der Waals surface area (Å²) in [6.07, 6.45) is 0. The fourth-order valence-electron chi connectivity index (χ4n) is 1.16. The van der Waals surface area contributed by atoms with Gasteiger partial charge in [0.15, 0.2) is 15.0 Å². The normalized spacial score (nSPS) is 10.8. The van der Waals surface area contributed by atoms with Gasteiger partial charge in [-0.15, -0.1) is 4.37 Å². The summed E-state index contributed by atoms with van der Waals surface area (Å²) in [5.74, 6) is 1.30. The van der Waals surface area contributed by atoms with Crippen LogP contribution in [0.1, 0.15) is 5.82 Å². The van der Waals surface area contributed by atoms with E-state index >= 15 is 0 Å². The average Bonchev–Trinajstić information content (AvgIpc) is 3.07. The number of hydrogen-bond donors (Lipinski definition) is 0. The van der Waals surface area contributed by atoms with E-state index < -0.39 is 0 Å². The molecule has 0 N–H and O–H groups in total. The predicted octanol–water partition coefficient (Wildman–Crippen LogP) is 1.89. The molecule has 3 aromatic rings. The third-order valence-corrected chi connectivity index (χ3v) is 4.28. The van der Waals surface area contributed by atoms with E-state index in [-0.39, 0.29) is 0 Å². The van der Waals surface area contributed by atoms with Crippen molar-refractivity contribution in [3.63, 3.8) is 0 Å². The van der Waals surface area contributed by atoms with Crippen LogP contribution in [0.25, 0.3) is 20.8 Å². The Labute approximate surface area is 114 Å². The minimum absolute atomic E-state index is 0.346. The maximum absolute atomic E-state index is 4.94. The highest BCUT2D eigenvalue weighted by atomic mass is 32.1. The van der Waals surface area contributed by atoms with Gasteiger partial charge in [-0.3, -0.25) is 0 Å². The van der Waals surface area contributed by atoms with E-state index in [1.807, 2.05) is 6.92 Å². The zero-order chi connectivity index (χ0) is 12.5. The molecule has 92 valence electrons. The Morgan fingerprint density at radius 3 is 2.22 bits per heavy atom. The first-order valence-electron chi connectivity index (χ1n) is 4.78. The minimum Gasteiger partial charge on any atom is -0.466 e. The summed E-state index contributed by atoms with van der Waals surface area (Å²) in [7, 11) is 1.53. The Morgan fingerprint density at radius 1 is 0.833 bits per heavy atom. The number of rotatable bonds is 3. The summed E-state index contributed by atoms with van der Waals surface area (Å²) < 4.78 is 17.3. The maximum Gasteiger partial charge on any atom is 0.328 e.